The number of benzene rings is 1. The van der Waals surface area contributed by atoms with Gasteiger partial charge in [0.25, 0.3) is 0 Å². The van der Waals surface area contributed by atoms with Crippen LogP contribution >= 0.6 is 0 Å². The van der Waals surface area contributed by atoms with E-state index < -0.39 is 0 Å². The molecule has 0 spiro atoms. The second kappa shape index (κ2) is 4.96. The Labute approximate surface area is 115 Å². The van der Waals surface area contributed by atoms with Crippen LogP contribution in [-0.2, 0) is 19.5 Å². The fraction of sp³-hybridized carbons (Fsp3) is 0.357. The van der Waals surface area contributed by atoms with Gasteiger partial charge in [0.1, 0.15) is 6.54 Å². The highest BCUT2D eigenvalue weighted by molar-refractivity contribution is 5.76. The molecule has 0 atom stereocenters. The Kier molecular flexibility index (Phi) is 3.14. The third kappa shape index (κ3) is 1.93. The fourth-order valence-electron chi connectivity index (χ4n) is 2.36. The molecule has 0 aliphatic carbocycles. The highest BCUT2D eigenvalue weighted by atomic mass is 16.5. The van der Waals surface area contributed by atoms with Gasteiger partial charge in [0.05, 0.1) is 11.0 Å². The lowest BCUT2D eigenvalue weighted by atomic mass is 10.3. The van der Waals surface area contributed by atoms with Crippen LogP contribution in [0.25, 0.3) is 11.0 Å². The van der Waals surface area contributed by atoms with Gasteiger partial charge in [0, 0.05) is 13.0 Å². The zero-order valence-corrected chi connectivity index (χ0v) is 11.5. The number of aromatic nitrogens is 4. The van der Waals surface area contributed by atoms with Crippen molar-refractivity contribution < 1.29 is 4.52 Å². The van der Waals surface area contributed by atoms with Crippen LogP contribution in [0, 0.1) is 0 Å². The highest BCUT2D eigenvalue weighted by Gasteiger charge is 2.14. The lowest BCUT2D eigenvalue weighted by molar-refractivity contribution is 0.366. The van der Waals surface area contributed by atoms with Crippen molar-refractivity contribution in [3.05, 3.63) is 46.5 Å². The molecule has 0 aliphatic heterocycles. The van der Waals surface area contributed by atoms with Gasteiger partial charge in [0.15, 0.2) is 5.82 Å². The lowest BCUT2D eigenvalue weighted by Gasteiger charge is -1.97. The van der Waals surface area contributed by atoms with E-state index in [-0.39, 0.29) is 5.69 Å². The third-order valence-corrected chi connectivity index (χ3v) is 3.36. The molecule has 6 nitrogen and oxygen atoms in total. The number of rotatable bonds is 4. The van der Waals surface area contributed by atoms with E-state index in [1.165, 1.54) is 0 Å². The minimum Gasteiger partial charge on any atom is -0.337 e. The van der Waals surface area contributed by atoms with Crippen molar-refractivity contribution in [1.29, 1.82) is 0 Å². The van der Waals surface area contributed by atoms with Crippen molar-refractivity contribution in [3.63, 3.8) is 0 Å². The minimum atomic E-state index is -0.0510. The van der Waals surface area contributed by atoms with Crippen molar-refractivity contribution in [2.24, 2.45) is 0 Å². The predicted octanol–water partition coefficient (Wildman–Crippen LogP) is 1.82. The van der Waals surface area contributed by atoms with E-state index in [1.807, 2.05) is 38.1 Å². The first-order valence-corrected chi connectivity index (χ1v) is 6.74. The Bertz CT molecular complexity index is 797. The summed E-state index contributed by atoms with van der Waals surface area (Å²) in [5.41, 5.74) is 1.76. The Morgan fingerprint density at radius 3 is 2.45 bits per heavy atom. The molecule has 0 aliphatic rings. The first-order valence-electron chi connectivity index (χ1n) is 6.74. The molecular formula is C14H16N4O2. The van der Waals surface area contributed by atoms with Crippen molar-refractivity contribution >= 4 is 11.0 Å². The quantitative estimate of drug-likeness (QED) is 0.726. The Hall–Kier alpha value is -2.37. The van der Waals surface area contributed by atoms with E-state index in [4.69, 9.17) is 4.52 Å². The highest BCUT2D eigenvalue weighted by Crippen LogP contribution is 2.14. The van der Waals surface area contributed by atoms with Gasteiger partial charge in [-0.2, -0.15) is 4.98 Å². The number of nitrogens with zero attached hydrogens (tertiary/aromatic N) is 4. The van der Waals surface area contributed by atoms with Gasteiger partial charge in [-0.25, -0.2) is 4.79 Å². The summed E-state index contributed by atoms with van der Waals surface area (Å²) >= 11 is 0. The third-order valence-electron chi connectivity index (χ3n) is 3.36. The molecular weight excluding hydrogens is 256 g/mol. The van der Waals surface area contributed by atoms with Gasteiger partial charge < -0.3 is 4.52 Å². The molecule has 0 bridgehead atoms. The molecule has 0 amide bonds. The van der Waals surface area contributed by atoms with E-state index >= 15 is 0 Å². The van der Waals surface area contributed by atoms with Crippen LogP contribution in [0.2, 0.25) is 0 Å². The monoisotopic (exact) mass is 272 g/mol. The summed E-state index contributed by atoms with van der Waals surface area (Å²) in [6.07, 6.45) is 0.717. The topological polar surface area (TPSA) is 65.8 Å². The second-order valence-corrected chi connectivity index (χ2v) is 4.56. The average Bonchev–Trinajstić information content (AvgIpc) is 3.03. The van der Waals surface area contributed by atoms with E-state index in [9.17, 15) is 4.79 Å². The molecule has 20 heavy (non-hydrogen) atoms. The lowest BCUT2D eigenvalue weighted by Crippen LogP contribution is -2.24. The van der Waals surface area contributed by atoms with Crippen molar-refractivity contribution in [2.45, 2.75) is 33.4 Å². The molecule has 3 aromatic rings. The molecule has 0 fully saturated rings. The molecule has 6 heteroatoms. The van der Waals surface area contributed by atoms with E-state index in [0.29, 0.717) is 24.8 Å². The van der Waals surface area contributed by atoms with Gasteiger partial charge in [-0.1, -0.05) is 24.2 Å². The summed E-state index contributed by atoms with van der Waals surface area (Å²) in [5, 5.41) is 3.86. The molecule has 2 heterocycles. The average molecular weight is 272 g/mol. The molecule has 0 saturated heterocycles. The number of imidazole rings is 1. The predicted molar refractivity (Wildman–Crippen MR) is 74.7 cm³/mol. The maximum Gasteiger partial charge on any atom is 0.329 e. The van der Waals surface area contributed by atoms with Gasteiger partial charge in [-0.15, -0.1) is 0 Å². The number of para-hydroxylation sites is 2. The van der Waals surface area contributed by atoms with Crippen LogP contribution < -0.4 is 5.69 Å². The van der Waals surface area contributed by atoms with Crippen LogP contribution in [0.4, 0.5) is 0 Å². The van der Waals surface area contributed by atoms with Gasteiger partial charge in [-0.05, 0) is 19.1 Å². The zero-order chi connectivity index (χ0) is 14.1. The number of aryl methyl sites for hydroxylation is 2. The first kappa shape index (κ1) is 12.7. The van der Waals surface area contributed by atoms with Gasteiger partial charge in [0.2, 0.25) is 5.89 Å². The molecule has 0 radical (unpaired) electrons. The normalized spacial score (nSPS) is 11.3. The van der Waals surface area contributed by atoms with Crippen LogP contribution in [0.1, 0.15) is 25.6 Å². The largest absolute Gasteiger partial charge is 0.337 e. The van der Waals surface area contributed by atoms with E-state index in [0.717, 1.165) is 17.5 Å². The summed E-state index contributed by atoms with van der Waals surface area (Å²) in [4.78, 5) is 16.7. The number of hydrogen-bond donors (Lipinski definition) is 0. The first-order chi connectivity index (χ1) is 9.74. The minimum absolute atomic E-state index is 0.0510. The second-order valence-electron chi connectivity index (χ2n) is 4.56. The molecule has 0 saturated carbocycles. The summed E-state index contributed by atoms with van der Waals surface area (Å²) in [5.74, 6) is 1.12. The summed E-state index contributed by atoms with van der Waals surface area (Å²) in [7, 11) is 0. The SMILES string of the molecule is CCc1noc(Cn2c(=O)n(CC)c3ccccc32)n1. The molecule has 104 valence electrons. The Morgan fingerprint density at radius 1 is 1.15 bits per heavy atom. The number of fused-ring (bicyclic) bond motifs is 1. The van der Waals surface area contributed by atoms with Crippen molar-refractivity contribution in [1.82, 2.24) is 19.3 Å². The van der Waals surface area contributed by atoms with Gasteiger partial charge in [-0.3, -0.25) is 9.13 Å². The molecule has 0 unspecified atom stereocenters. The van der Waals surface area contributed by atoms with Crippen molar-refractivity contribution in [2.75, 3.05) is 0 Å². The smallest absolute Gasteiger partial charge is 0.329 e. The van der Waals surface area contributed by atoms with Gasteiger partial charge >= 0.3 is 5.69 Å². The van der Waals surface area contributed by atoms with Crippen LogP contribution in [0.3, 0.4) is 0 Å². The maximum absolute atomic E-state index is 12.4. The van der Waals surface area contributed by atoms with Crippen molar-refractivity contribution in [3.8, 4) is 0 Å². The standard InChI is InChI=1S/C14H16N4O2/c1-3-12-15-13(20-16-12)9-18-11-8-6-5-7-10(11)17(4-2)14(18)19/h5-8H,3-4,9H2,1-2H3. The molecule has 3 rings (SSSR count). The van der Waals surface area contributed by atoms with Crippen LogP contribution in [0.15, 0.2) is 33.6 Å². The van der Waals surface area contributed by atoms with E-state index in [1.54, 1.807) is 9.13 Å². The summed E-state index contributed by atoms with van der Waals surface area (Å²) < 4.78 is 8.59. The summed E-state index contributed by atoms with van der Waals surface area (Å²) in [6, 6.07) is 7.73. The zero-order valence-electron chi connectivity index (χ0n) is 11.5. The summed E-state index contributed by atoms with van der Waals surface area (Å²) in [6.45, 7) is 4.86. The van der Waals surface area contributed by atoms with Crippen LogP contribution in [0.5, 0.6) is 0 Å². The Morgan fingerprint density at radius 2 is 1.85 bits per heavy atom. The van der Waals surface area contributed by atoms with Crippen LogP contribution in [-0.4, -0.2) is 19.3 Å². The maximum atomic E-state index is 12.4. The molecule has 0 N–H and O–H groups in total. The van der Waals surface area contributed by atoms with E-state index in [2.05, 4.69) is 10.1 Å². The molecule has 2 aromatic heterocycles. The fourth-order valence-corrected chi connectivity index (χ4v) is 2.36. The molecule has 1 aromatic carbocycles. The number of hydrogen-bond acceptors (Lipinski definition) is 4. The Balaban J connectivity index is 2.11.